The van der Waals surface area contributed by atoms with E-state index in [1.54, 1.807) is 0 Å². The molecule has 20 heavy (non-hydrogen) atoms. The van der Waals surface area contributed by atoms with Gasteiger partial charge in [-0.05, 0) is 29.7 Å². The van der Waals surface area contributed by atoms with E-state index in [0.29, 0.717) is 11.1 Å². The van der Waals surface area contributed by atoms with Crippen molar-refractivity contribution < 1.29 is 9.59 Å². The minimum absolute atomic E-state index is 0.109. The normalized spacial score (nSPS) is 37.2. The highest BCUT2D eigenvalue weighted by Gasteiger charge is 2.60. The van der Waals surface area contributed by atoms with Gasteiger partial charge >= 0.3 is 0 Å². The number of ketones is 2. The number of Topliss-reactive ketones (excluding diaryl/α,β-unsaturated/α-hetero) is 2. The first kappa shape index (κ1) is 12.1. The number of benzene rings is 1. The molecule has 0 heterocycles. The van der Waals surface area contributed by atoms with Crippen molar-refractivity contribution in [3.63, 3.8) is 0 Å². The van der Waals surface area contributed by atoms with E-state index in [-0.39, 0.29) is 34.7 Å². The van der Waals surface area contributed by atoms with E-state index in [1.807, 2.05) is 25.1 Å². The van der Waals surface area contributed by atoms with Gasteiger partial charge in [0.1, 0.15) is 0 Å². The summed E-state index contributed by atoms with van der Waals surface area (Å²) < 4.78 is 0. The van der Waals surface area contributed by atoms with Gasteiger partial charge in [-0.15, -0.1) is 0 Å². The van der Waals surface area contributed by atoms with Gasteiger partial charge in [0.2, 0.25) is 0 Å². The molecule has 3 aliphatic carbocycles. The summed E-state index contributed by atoms with van der Waals surface area (Å²) in [5, 5.41) is 0. The van der Waals surface area contributed by atoms with E-state index in [4.69, 9.17) is 0 Å². The first-order valence-corrected chi connectivity index (χ1v) is 7.46. The Bertz CT molecular complexity index is 670. The molecular formula is C18H18O2. The maximum absolute atomic E-state index is 13.0. The Kier molecular flexibility index (Phi) is 2.23. The lowest BCUT2D eigenvalue weighted by Gasteiger charge is -2.36. The molecule has 4 rings (SSSR count). The predicted molar refractivity (Wildman–Crippen MR) is 76.8 cm³/mol. The zero-order valence-electron chi connectivity index (χ0n) is 11.8. The van der Waals surface area contributed by atoms with Crippen molar-refractivity contribution in [3.8, 4) is 0 Å². The minimum Gasteiger partial charge on any atom is -0.294 e. The van der Waals surface area contributed by atoms with Crippen molar-refractivity contribution in [1.82, 2.24) is 0 Å². The number of hydrogen-bond donors (Lipinski definition) is 0. The molecule has 0 spiro atoms. The largest absolute Gasteiger partial charge is 0.294 e. The molecule has 1 fully saturated rings. The van der Waals surface area contributed by atoms with E-state index in [0.717, 1.165) is 18.4 Å². The number of allylic oxidation sites excluding steroid dienone is 2. The van der Waals surface area contributed by atoms with E-state index in [1.165, 1.54) is 0 Å². The molecule has 0 radical (unpaired) electrons. The maximum atomic E-state index is 13.0. The third kappa shape index (κ3) is 1.25. The van der Waals surface area contributed by atoms with E-state index in [2.05, 4.69) is 19.1 Å². The van der Waals surface area contributed by atoms with Crippen LogP contribution in [0.3, 0.4) is 0 Å². The topological polar surface area (TPSA) is 34.1 Å². The standard InChI is InChI=1S/C18H18O2/c1-3-10-5-4-6-12-13(10)17(20)14-11-7-8-18(2,9-11)15(14)16(12)19/h4-8,11,14-15H,3,9H2,1-2H3. The van der Waals surface area contributed by atoms with Crippen molar-refractivity contribution in [2.75, 3.05) is 0 Å². The first-order valence-electron chi connectivity index (χ1n) is 7.46. The highest BCUT2D eigenvalue weighted by atomic mass is 16.1. The van der Waals surface area contributed by atoms with Gasteiger partial charge < -0.3 is 0 Å². The minimum atomic E-state index is -0.135. The van der Waals surface area contributed by atoms with Crippen LogP contribution >= 0.6 is 0 Å². The third-order valence-electron chi connectivity index (χ3n) is 5.56. The Balaban J connectivity index is 1.95. The summed E-state index contributed by atoms with van der Waals surface area (Å²) in [6, 6.07) is 5.73. The summed E-state index contributed by atoms with van der Waals surface area (Å²) >= 11 is 0. The molecule has 0 aromatic heterocycles. The molecule has 4 atom stereocenters. The summed E-state index contributed by atoms with van der Waals surface area (Å²) in [6.07, 6.45) is 6.08. The second-order valence-electron chi connectivity index (χ2n) is 6.66. The Morgan fingerprint density at radius 1 is 1.25 bits per heavy atom. The molecule has 0 saturated heterocycles. The fourth-order valence-corrected chi connectivity index (χ4v) is 4.66. The molecule has 2 bridgehead atoms. The number of aryl methyl sites for hydroxylation is 1. The van der Waals surface area contributed by atoms with Crippen LogP contribution in [0.4, 0.5) is 0 Å². The molecule has 0 N–H and O–H groups in total. The molecule has 1 aromatic rings. The third-order valence-corrected chi connectivity index (χ3v) is 5.56. The maximum Gasteiger partial charge on any atom is 0.168 e. The van der Waals surface area contributed by atoms with Crippen LogP contribution in [0.1, 0.15) is 46.5 Å². The van der Waals surface area contributed by atoms with Crippen LogP contribution in [0.5, 0.6) is 0 Å². The molecule has 0 amide bonds. The number of fused-ring (bicyclic) bond motifs is 6. The summed E-state index contributed by atoms with van der Waals surface area (Å²) in [6.45, 7) is 4.18. The molecule has 102 valence electrons. The van der Waals surface area contributed by atoms with Crippen LogP contribution in [0.2, 0.25) is 0 Å². The second kappa shape index (κ2) is 3.69. The number of hydrogen-bond acceptors (Lipinski definition) is 2. The number of carbonyl (C=O) groups is 2. The Morgan fingerprint density at radius 2 is 2.05 bits per heavy atom. The van der Waals surface area contributed by atoms with Crippen molar-refractivity contribution >= 4 is 11.6 Å². The molecule has 1 saturated carbocycles. The highest BCUT2D eigenvalue weighted by molar-refractivity contribution is 6.17. The van der Waals surface area contributed by atoms with Gasteiger partial charge in [-0.2, -0.15) is 0 Å². The number of carbonyl (C=O) groups excluding carboxylic acids is 2. The summed E-state index contributed by atoms with van der Waals surface area (Å²) in [7, 11) is 0. The molecule has 4 unspecified atom stereocenters. The van der Waals surface area contributed by atoms with Crippen molar-refractivity contribution in [3.05, 3.63) is 47.0 Å². The Morgan fingerprint density at radius 3 is 2.80 bits per heavy atom. The lowest BCUT2D eigenvalue weighted by atomic mass is 9.64. The SMILES string of the molecule is CCc1cccc2c1C(=O)C1C3C=CC(C)(C3)C1C2=O. The average Bonchev–Trinajstić information content (AvgIpc) is 2.97. The highest BCUT2D eigenvalue weighted by Crippen LogP contribution is 2.59. The van der Waals surface area contributed by atoms with Crippen molar-refractivity contribution in [2.45, 2.75) is 26.7 Å². The molecular weight excluding hydrogens is 248 g/mol. The van der Waals surface area contributed by atoms with E-state index >= 15 is 0 Å². The van der Waals surface area contributed by atoms with Gasteiger partial charge in [0.25, 0.3) is 0 Å². The average molecular weight is 266 g/mol. The van der Waals surface area contributed by atoms with Gasteiger partial charge in [0.15, 0.2) is 11.6 Å². The van der Waals surface area contributed by atoms with E-state index < -0.39 is 0 Å². The van der Waals surface area contributed by atoms with Crippen LogP contribution in [0, 0.1) is 23.2 Å². The van der Waals surface area contributed by atoms with Crippen LogP contribution in [-0.4, -0.2) is 11.6 Å². The Hall–Kier alpha value is -1.70. The van der Waals surface area contributed by atoms with Crippen LogP contribution < -0.4 is 0 Å². The number of rotatable bonds is 1. The lowest BCUT2D eigenvalue weighted by molar-refractivity contribution is 0.0675. The predicted octanol–water partition coefficient (Wildman–Crippen LogP) is 3.46. The van der Waals surface area contributed by atoms with Crippen LogP contribution in [0.15, 0.2) is 30.4 Å². The van der Waals surface area contributed by atoms with Gasteiger partial charge in [0.05, 0.1) is 0 Å². The monoisotopic (exact) mass is 266 g/mol. The van der Waals surface area contributed by atoms with Crippen LogP contribution in [0.25, 0.3) is 0 Å². The van der Waals surface area contributed by atoms with Crippen molar-refractivity contribution in [1.29, 1.82) is 0 Å². The molecule has 1 aromatic carbocycles. The molecule has 2 heteroatoms. The van der Waals surface area contributed by atoms with Gasteiger partial charge in [-0.25, -0.2) is 0 Å². The van der Waals surface area contributed by atoms with Crippen LogP contribution in [-0.2, 0) is 6.42 Å². The lowest BCUT2D eigenvalue weighted by Crippen LogP contribution is -2.42. The zero-order chi connectivity index (χ0) is 14.1. The Labute approximate surface area is 118 Å². The van der Waals surface area contributed by atoms with Gasteiger partial charge in [0, 0.05) is 23.0 Å². The summed E-state index contributed by atoms with van der Waals surface area (Å²) in [5.41, 5.74) is 2.29. The van der Waals surface area contributed by atoms with E-state index in [9.17, 15) is 9.59 Å². The molecule has 2 nitrogen and oxygen atoms in total. The summed E-state index contributed by atoms with van der Waals surface area (Å²) in [5.74, 6) is 0.413. The fraction of sp³-hybridized carbons (Fsp3) is 0.444. The van der Waals surface area contributed by atoms with Crippen molar-refractivity contribution in [2.24, 2.45) is 23.2 Å². The molecule has 3 aliphatic rings. The smallest absolute Gasteiger partial charge is 0.168 e. The first-order chi connectivity index (χ1) is 9.57. The fourth-order valence-electron chi connectivity index (χ4n) is 4.66. The summed E-state index contributed by atoms with van der Waals surface area (Å²) in [4.78, 5) is 25.9. The molecule has 0 aliphatic heterocycles. The quantitative estimate of drug-likeness (QED) is 0.729. The van der Waals surface area contributed by atoms with Gasteiger partial charge in [-0.3, -0.25) is 9.59 Å². The zero-order valence-corrected chi connectivity index (χ0v) is 11.8. The van der Waals surface area contributed by atoms with Gasteiger partial charge in [-0.1, -0.05) is 44.2 Å². The second-order valence-corrected chi connectivity index (χ2v) is 6.66.